The predicted octanol–water partition coefficient (Wildman–Crippen LogP) is 3.17. The molecule has 3 rings (SSSR count). The van der Waals surface area contributed by atoms with Crippen LogP contribution in [-0.4, -0.2) is 19.8 Å². The van der Waals surface area contributed by atoms with Gasteiger partial charge in [0.05, 0.1) is 24.2 Å². The molecule has 0 aliphatic carbocycles. The zero-order valence-electron chi connectivity index (χ0n) is 14.3. The van der Waals surface area contributed by atoms with E-state index in [1.165, 1.54) is 4.88 Å². The molecule has 0 aliphatic rings. The largest absolute Gasteiger partial charge is 0.343 e. The van der Waals surface area contributed by atoms with E-state index >= 15 is 0 Å². The highest BCUT2D eigenvalue weighted by molar-refractivity contribution is 7.09. The molecule has 0 aromatic carbocycles. The highest BCUT2D eigenvalue weighted by Crippen LogP contribution is 2.20. The molecule has 0 amide bonds. The molecule has 3 aromatic heterocycles. The van der Waals surface area contributed by atoms with Crippen LogP contribution in [0.2, 0.25) is 0 Å². The Morgan fingerprint density at radius 1 is 1.27 bits per heavy atom. The van der Waals surface area contributed by atoms with Crippen molar-refractivity contribution >= 4 is 22.8 Å². The summed E-state index contributed by atoms with van der Waals surface area (Å²) in [5, 5.41) is 12.9. The van der Waals surface area contributed by atoms with E-state index in [9.17, 15) is 19.7 Å². The number of carbonyl (C=O) groups is 1. The predicted molar refractivity (Wildman–Crippen MR) is 99.0 cm³/mol. The second kappa shape index (κ2) is 7.09. The van der Waals surface area contributed by atoms with Gasteiger partial charge in [-0.3, -0.25) is 19.7 Å². The lowest BCUT2D eigenvalue weighted by molar-refractivity contribution is -0.385. The maximum absolute atomic E-state index is 12.7. The van der Waals surface area contributed by atoms with E-state index in [-0.39, 0.29) is 18.0 Å². The molecule has 0 radical (unpaired) electrons. The van der Waals surface area contributed by atoms with Gasteiger partial charge in [0.2, 0.25) is 0 Å². The number of aromatic nitrogens is 2. The maximum Gasteiger partial charge on any atom is 0.285 e. The lowest BCUT2D eigenvalue weighted by atomic mass is 10.1. The van der Waals surface area contributed by atoms with Gasteiger partial charge in [-0.1, -0.05) is 6.07 Å². The summed E-state index contributed by atoms with van der Waals surface area (Å²) in [4.78, 5) is 36.1. The fourth-order valence-corrected chi connectivity index (χ4v) is 3.57. The van der Waals surface area contributed by atoms with Crippen molar-refractivity contribution in [2.45, 2.75) is 26.9 Å². The molecule has 26 heavy (non-hydrogen) atoms. The van der Waals surface area contributed by atoms with Gasteiger partial charge in [-0.05, 0) is 31.4 Å². The molecule has 0 fully saturated rings. The van der Waals surface area contributed by atoms with Crippen LogP contribution in [0, 0.1) is 24.0 Å². The van der Waals surface area contributed by atoms with Crippen molar-refractivity contribution in [3.63, 3.8) is 0 Å². The van der Waals surface area contributed by atoms with Crippen LogP contribution in [0.3, 0.4) is 0 Å². The van der Waals surface area contributed by atoms with Crippen LogP contribution >= 0.6 is 11.3 Å². The zero-order chi connectivity index (χ0) is 18.8. The fourth-order valence-electron chi connectivity index (χ4n) is 2.88. The Morgan fingerprint density at radius 2 is 2.04 bits per heavy atom. The highest BCUT2D eigenvalue weighted by Gasteiger charge is 2.18. The van der Waals surface area contributed by atoms with Crippen molar-refractivity contribution in [1.82, 2.24) is 9.13 Å². The summed E-state index contributed by atoms with van der Waals surface area (Å²) >= 11 is 1.65. The summed E-state index contributed by atoms with van der Waals surface area (Å²) < 4.78 is 3.13. The van der Waals surface area contributed by atoms with Gasteiger partial charge in [0.1, 0.15) is 0 Å². The second-order valence-corrected chi connectivity index (χ2v) is 7.02. The third-order valence-electron chi connectivity index (χ3n) is 4.26. The Morgan fingerprint density at radius 3 is 2.69 bits per heavy atom. The molecular formula is C18H17N3O4S. The Kier molecular flexibility index (Phi) is 4.85. The molecule has 0 N–H and O–H groups in total. The minimum atomic E-state index is -0.590. The Bertz CT molecular complexity index is 1030. The molecule has 0 spiro atoms. The monoisotopic (exact) mass is 371 g/mol. The third-order valence-corrected chi connectivity index (χ3v) is 5.12. The number of Topliss-reactive ketones (excluding diaryl/α,β-unsaturated/α-hetero) is 1. The number of carbonyl (C=O) groups excluding carboxylic acids is 1. The van der Waals surface area contributed by atoms with E-state index in [0.29, 0.717) is 12.1 Å². The molecule has 134 valence electrons. The summed E-state index contributed by atoms with van der Waals surface area (Å²) in [7, 11) is 0. The van der Waals surface area contributed by atoms with Crippen LogP contribution in [-0.2, 0) is 13.1 Å². The smallest absolute Gasteiger partial charge is 0.285 e. The van der Waals surface area contributed by atoms with E-state index in [1.54, 1.807) is 17.4 Å². The van der Waals surface area contributed by atoms with Gasteiger partial charge in [0.25, 0.3) is 11.2 Å². The van der Waals surface area contributed by atoms with Gasteiger partial charge in [0, 0.05) is 34.0 Å². The molecule has 3 heterocycles. The van der Waals surface area contributed by atoms with E-state index in [2.05, 4.69) is 4.57 Å². The van der Waals surface area contributed by atoms with E-state index in [4.69, 9.17) is 0 Å². The van der Waals surface area contributed by atoms with Crippen molar-refractivity contribution in [2.24, 2.45) is 0 Å². The first-order valence-corrected chi connectivity index (χ1v) is 8.82. The number of aryl methyl sites for hydroxylation is 1. The number of nitro groups is 1. The van der Waals surface area contributed by atoms with Crippen LogP contribution in [0.1, 0.15) is 26.6 Å². The summed E-state index contributed by atoms with van der Waals surface area (Å²) in [6.07, 6.45) is 1.10. The average Bonchev–Trinajstić information content (AvgIpc) is 3.20. The Balaban J connectivity index is 1.88. The first kappa shape index (κ1) is 17.8. The van der Waals surface area contributed by atoms with Crippen molar-refractivity contribution in [3.05, 3.63) is 84.2 Å². The molecule has 7 nitrogen and oxygen atoms in total. The average molecular weight is 371 g/mol. The van der Waals surface area contributed by atoms with E-state index < -0.39 is 10.5 Å². The molecular weight excluding hydrogens is 354 g/mol. The molecule has 0 atom stereocenters. The van der Waals surface area contributed by atoms with Crippen LogP contribution in [0.4, 0.5) is 5.69 Å². The standard InChI is InChI=1S/C18H17N3O4S/c1-12-8-16(13(2)20(12)10-15-4-3-7-26-15)17(22)11-19-9-14(21(24)25)5-6-18(19)23/h3-9H,10-11H2,1-2H3. The Labute approximate surface area is 153 Å². The Hall–Kier alpha value is -3.00. The number of hydrogen-bond donors (Lipinski definition) is 0. The van der Waals surface area contributed by atoms with Gasteiger partial charge in [-0.15, -0.1) is 11.3 Å². The maximum atomic E-state index is 12.7. The van der Waals surface area contributed by atoms with Crippen LogP contribution < -0.4 is 5.56 Å². The summed E-state index contributed by atoms with van der Waals surface area (Å²) in [6, 6.07) is 8.05. The first-order chi connectivity index (χ1) is 12.4. The number of rotatable bonds is 6. The summed E-state index contributed by atoms with van der Waals surface area (Å²) in [5.41, 5.74) is 1.62. The lowest BCUT2D eigenvalue weighted by Gasteiger charge is -2.09. The second-order valence-electron chi connectivity index (χ2n) is 5.98. The number of nitrogens with zero attached hydrogens (tertiary/aromatic N) is 3. The number of thiophene rings is 1. The van der Waals surface area contributed by atoms with Crippen molar-refractivity contribution in [3.8, 4) is 0 Å². The quantitative estimate of drug-likeness (QED) is 0.378. The minimum Gasteiger partial charge on any atom is -0.343 e. The van der Waals surface area contributed by atoms with Gasteiger partial charge >= 0.3 is 0 Å². The normalized spacial score (nSPS) is 10.8. The number of ketones is 1. The SMILES string of the molecule is Cc1cc(C(=O)Cn2cc([N+](=O)[O-])ccc2=O)c(C)n1Cc1cccs1. The highest BCUT2D eigenvalue weighted by atomic mass is 32.1. The van der Waals surface area contributed by atoms with Crippen LogP contribution in [0.25, 0.3) is 0 Å². The number of hydrogen-bond acceptors (Lipinski definition) is 5. The van der Waals surface area contributed by atoms with Crippen LogP contribution in [0.5, 0.6) is 0 Å². The fraction of sp³-hybridized carbons (Fsp3) is 0.222. The topological polar surface area (TPSA) is 87.1 Å². The van der Waals surface area contributed by atoms with Crippen LogP contribution in [0.15, 0.2) is 46.7 Å². The first-order valence-electron chi connectivity index (χ1n) is 7.94. The molecule has 0 saturated carbocycles. The van der Waals surface area contributed by atoms with Crippen molar-refractivity contribution < 1.29 is 9.72 Å². The number of pyridine rings is 1. The molecule has 8 heteroatoms. The molecule has 0 unspecified atom stereocenters. The van der Waals surface area contributed by atoms with Gasteiger partial charge in [-0.2, -0.15) is 0 Å². The molecule has 0 saturated heterocycles. The van der Waals surface area contributed by atoms with Crippen molar-refractivity contribution in [1.29, 1.82) is 0 Å². The summed E-state index contributed by atoms with van der Waals surface area (Å²) in [6.45, 7) is 4.24. The molecule has 0 bridgehead atoms. The minimum absolute atomic E-state index is 0.222. The van der Waals surface area contributed by atoms with Gasteiger partial charge in [0.15, 0.2) is 5.78 Å². The lowest BCUT2D eigenvalue weighted by Crippen LogP contribution is -2.23. The zero-order valence-corrected chi connectivity index (χ0v) is 15.2. The van der Waals surface area contributed by atoms with Gasteiger partial charge < -0.3 is 9.13 Å². The molecule has 0 aliphatic heterocycles. The third kappa shape index (κ3) is 3.50. The van der Waals surface area contributed by atoms with E-state index in [0.717, 1.165) is 34.3 Å². The van der Waals surface area contributed by atoms with Gasteiger partial charge in [-0.25, -0.2) is 0 Å². The summed E-state index contributed by atoms with van der Waals surface area (Å²) in [5.74, 6) is -0.252. The molecule has 3 aromatic rings. The van der Waals surface area contributed by atoms with Crippen molar-refractivity contribution in [2.75, 3.05) is 0 Å². The van der Waals surface area contributed by atoms with E-state index in [1.807, 2.05) is 31.4 Å².